The van der Waals surface area contributed by atoms with Crippen LogP contribution in [0.5, 0.6) is 11.5 Å². The summed E-state index contributed by atoms with van der Waals surface area (Å²) < 4.78 is 2.23. The first-order valence-electron chi connectivity index (χ1n) is 11.8. The summed E-state index contributed by atoms with van der Waals surface area (Å²) in [6.07, 6.45) is 1.97. The van der Waals surface area contributed by atoms with Gasteiger partial charge in [-0.15, -0.1) is 6.58 Å². The van der Waals surface area contributed by atoms with Gasteiger partial charge in [-0.05, 0) is 54.4 Å². The normalized spacial score (nSPS) is 10.7. The first-order chi connectivity index (χ1) is 18.3. The first-order valence-corrected chi connectivity index (χ1v) is 11.8. The number of hydrogen-bond acceptors (Lipinski definition) is 6. The number of nitrogens with one attached hydrogen (secondary N) is 2. The number of rotatable bonds is 9. The number of carbonyl (C=O) groups excluding carboxylic acids is 2. The Hall–Kier alpha value is -5.12. The van der Waals surface area contributed by atoms with Crippen molar-refractivity contribution in [3.63, 3.8) is 0 Å². The van der Waals surface area contributed by atoms with Gasteiger partial charge in [0.15, 0.2) is 11.5 Å². The van der Waals surface area contributed by atoms with Gasteiger partial charge in [-0.25, -0.2) is 4.79 Å². The van der Waals surface area contributed by atoms with E-state index in [2.05, 4.69) is 17.2 Å². The second kappa shape index (κ2) is 11.3. The van der Waals surface area contributed by atoms with Crippen molar-refractivity contribution in [1.82, 2.24) is 14.5 Å². The minimum atomic E-state index is -0.676. The molecular formula is C28H26N4O6. The third kappa shape index (κ3) is 5.65. The summed E-state index contributed by atoms with van der Waals surface area (Å²) in [4.78, 5) is 52.1. The zero-order valence-corrected chi connectivity index (χ0v) is 20.4. The topological polar surface area (TPSA) is 143 Å². The summed E-state index contributed by atoms with van der Waals surface area (Å²) in [7, 11) is 0. The average Bonchev–Trinajstić information content (AvgIpc) is 2.91. The molecule has 1 heterocycles. The molecule has 4 aromatic rings. The Balaban J connectivity index is 1.69. The van der Waals surface area contributed by atoms with Crippen LogP contribution >= 0.6 is 0 Å². The SMILES string of the molecule is C=CCCn1c(=O)c2ccc(C(=O)NCc3ccc(O)c(O)c3)cc2n(CC(=O)Nc2ccccc2)c1=O. The van der Waals surface area contributed by atoms with E-state index in [-0.39, 0.29) is 47.6 Å². The molecule has 0 fully saturated rings. The molecule has 10 heteroatoms. The largest absolute Gasteiger partial charge is 0.504 e. The lowest BCUT2D eigenvalue weighted by Crippen LogP contribution is -2.42. The number of anilines is 1. The van der Waals surface area contributed by atoms with Crippen LogP contribution in [0.4, 0.5) is 5.69 Å². The van der Waals surface area contributed by atoms with Gasteiger partial charge in [0.1, 0.15) is 6.54 Å². The van der Waals surface area contributed by atoms with Crippen molar-refractivity contribution >= 4 is 28.4 Å². The van der Waals surface area contributed by atoms with Crippen molar-refractivity contribution in [2.45, 2.75) is 26.1 Å². The van der Waals surface area contributed by atoms with E-state index < -0.39 is 23.1 Å². The quantitative estimate of drug-likeness (QED) is 0.200. The van der Waals surface area contributed by atoms with Crippen molar-refractivity contribution in [2.75, 3.05) is 5.32 Å². The van der Waals surface area contributed by atoms with Crippen molar-refractivity contribution in [3.8, 4) is 11.5 Å². The number of para-hydroxylation sites is 1. The van der Waals surface area contributed by atoms with Crippen molar-refractivity contribution in [1.29, 1.82) is 0 Å². The number of amides is 2. The molecule has 0 aliphatic rings. The maximum atomic E-state index is 13.3. The van der Waals surface area contributed by atoms with E-state index in [1.165, 1.54) is 34.9 Å². The first kappa shape index (κ1) is 26.0. The summed E-state index contributed by atoms with van der Waals surface area (Å²) >= 11 is 0. The third-order valence-corrected chi connectivity index (χ3v) is 5.90. The predicted molar refractivity (Wildman–Crippen MR) is 143 cm³/mol. The number of benzene rings is 3. The fourth-order valence-corrected chi connectivity index (χ4v) is 3.96. The Labute approximate surface area is 217 Å². The van der Waals surface area contributed by atoms with E-state index in [1.807, 2.05) is 0 Å². The van der Waals surface area contributed by atoms with Crippen LogP contribution in [-0.4, -0.2) is 31.2 Å². The second-order valence-corrected chi connectivity index (χ2v) is 8.55. The van der Waals surface area contributed by atoms with Gasteiger partial charge in [-0.2, -0.15) is 0 Å². The summed E-state index contributed by atoms with van der Waals surface area (Å²) in [5.41, 5.74) is 0.209. The molecule has 0 saturated heterocycles. The fraction of sp³-hybridized carbons (Fsp3) is 0.143. The van der Waals surface area contributed by atoms with Crippen LogP contribution in [0.1, 0.15) is 22.3 Å². The van der Waals surface area contributed by atoms with Crippen LogP contribution in [0.3, 0.4) is 0 Å². The number of allylic oxidation sites excluding steroid dienone is 1. The minimum absolute atomic E-state index is 0.0557. The highest BCUT2D eigenvalue weighted by molar-refractivity contribution is 5.98. The molecule has 0 atom stereocenters. The van der Waals surface area contributed by atoms with E-state index in [1.54, 1.807) is 42.5 Å². The number of phenols is 2. The van der Waals surface area contributed by atoms with Crippen molar-refractivity contribution < 1.29 is 19.8 Å². The Bertz CT molecular complexity index is 1640. The molecule has 0 spiro atoms. The van der Waals surface area contributed by atoms with E-state index in [9.17, 15) is 29.4 Å². The van der Waals surface area contributed by atoms with Crippen LogP contribution < -0.4 is 21.9 Å². The third-order valence-electron chi connectivity index (χ3n) is 5.90. The Kier molecular flexibility index (Phi) is 7.72. The lowest BCUT2D eigenvalue weighted by Gasteiger charge is -2.15. The number of aromatic nitrogens is 2. The van der Waals surface area contributed by atoms with Gasteiger partial charge in [0, 0.05) is 24.3 Å². The van der Waals surface area contributed by atoms with Crippen LogP contribution in [0, 0.1) is 0 Å². The second-order valence-electron chi connectivity index (χ2n) is 8.55. The molecule has 0 saturated carbocycles. The molecule has 1 aromatic heterocycles. The molecular weight excluding hydrogens is 488 g/mol. The predicted octanol–water partition coefficient (Wildman–Crippen LogP) is 2.72. The number of hydrogen-bond donors (Lipinski definition) is 4. The van der Waals surface area contributed by atoms with E-state index in [4.69, 9.17) is 0 Å². The lowest BCUT2D eigenvalue weighted by molar-refractivity contribution is -0.116. The molecule has 0 aliphatic heterocycles. The summed E-state index contributed by atoms with van der Waals surface area (Å²) in [6, 6.07) is 17.2. The molecule has 2 amide bonds. The smallest absolute Gasteiger partial charge is 0.331 e. The Morgan fingerprint density at radius 3 is 2.39 bits per heavy atom. The maximum Gasteiger partial charge on any atom is 0.331 e. The van der Waals surface area contributed by atoms with Crippen LogP contribution in [0.2, 0.25) is 0 Å². The summed E-state index contributed by atoms with van der Waals surface area (Å²) in [5.74, 6) is -1.56. The zero-order valence-electron chi connectivity index (χ0n) is 20.4. The Morgan fingerprint density at radius 2 is 1.68 bits per heavy atom. The number of nitrogens with zero attached hydrogens (tertiary/aromatic N) is 2. The number of aromatic hydroxyl groups is 2. The lowest BCUT2D eigenvalue weighted by atomic mass is 10.1. The van der Waals surface area contributed by atoms with E-state index >= 15 is 0 Å². The number of phenolic OH excluding ortho intramolecular Hbond substituents is 2. The standard InChI is InChI=1S/C28H26N4O6/c1-2-3-13-31-27(37)21-11-10-19(26(36)29-16-18-9-12-23(33)24(34)14-18)15-22(21)32(28(31)38)17-25(35)30-20-7-5-4-6-8-20/h2,4-12,14-15,33-34H,1,3,13,16-17H2,(H,29,36)(H,30,35). The van der Waals surface area contributed by atoms with Gasteiger partial charge < -0.3 is 20.8 Å². The molecule has 4 N–H and O–H groups in total. The van der Waals surface area contributed by atoms with Crippen LogP contribution in [0.25, 0.3) is 10.9 Å². The molecule has 10 nitrogen and oxygen atoms in total. The van der Waals surface area contributed by atoms with Gasteiger partial charge >= 0.3 is 5.69 Å². The zero-order chi connectivity index (χ0) is 27.2. The molecule has 0 unspecified atom stereocenters. The fourth-order valence-electron chi connectivity index (χ4n) is 3.96. The highest BCUT2D eigenvalue weighted by atomic mass is 16.3. The molecule has 3 aromatic carbocycles. The molecule has 4 rings (SSSR count). The molecule has 0 radical (unpaired) electrons. The average molecular weight is 515 g/mol. The van der Waals surface area contributed by atoms with Crippen molar-refractivity contribution in [3.05, 3.63) is 111 Å². The van der Waals surface area contributed by atoms with E-state index in [0.717, 1.165) is 4.57 Å². The Morgan fingerprint density at radius 1 is 0.921 bits per heavy atom. The molecule has 0 aliphatic carbocycles. The van der Waals surface area contributed by atoms with E-state index in [0.29, 0.717) is 17.7 Å². The monoisotopic (exact) mass is 514 g/mol. The van der Waals surface area contributed by atoms with Gasteiger partial charge in [-0.1, -0.05) is 30.3 Å². The van der Waals surface area contributed by atoms with Gasteiger partial charge in [0.2, 0.25) is 5.91 Å². The van der Waals surface area contributed by atoms with Crippen LogP contribution in [-0.2, 0) is 24.4 Å². The minimum Gasteiger partial charge on any atom is -0.504 e. The van der Waals surface area contributed by atoms with Gasteiger partial charge in [0.25, 0.3) is 11.5 Å². The molecule has 38 heavy (non-hydrogen) atoms. The molecule has 194 valence electrons. The highest BCUT2D eigenvalue weighted by Crippen LogP contribution is 2.24. The number of carbonyl (C=O) groups is 2. The summed E-state index contributed by atoms with van der Waals surface area (Å²) in [5, 5.41) is 24.7. The van der Waals surface area contributed by atoms with Gasteiger partial charge in [0.05, 0.1) is 10.9 Å². The van der Waals surface area contributed by atoms with Crippen molar-refractivity contribution in [2.24, 2.45) is 0 Å². The molecule has 0 bridgehead atoms. The maximum absolute atomic E-state index is 13.3. The van der Waals surface area contributed by atoms with Crippen LogP contribution in [0.15, 0.2) is 89.0 Å². The summed E-state index contributed by atoms with van der Waals surface area (Å²) in [6.45, 7) is 3.41. The number of fused-ring (bicyclic) bond motifs is 1. The van der Waals surface area contributed by atoms with Gasteiger partial charge in [-0.3, -0.25) is 23.5 Å². The highest BCUT2D eigenvalue weighted by Gasteiger charge is 2.17.